The van der Waals surface area contributed by atoms with Crippen LogP contribution in [0, 0.1) is 12.8 Å². The van der Waals surface area contributed by atoms with Gasteiger partial charge in [0, 0.05) is 31.4 Å². The average molecular weight is 339 g/mol. The van der Waals surface area contributed by atoms with Crippen molar-refractivity contribution in [2.75, 3.05) is 13.1 Å². The number of amides is 2. The summed E-state index contributed by atoms with van der Waals surface area (Å²) in [5.41, 5.74) is 2.43. The molecule has 0 bridgehead atoms. The van der Waals surface area contributed by atoms with E-state index in [2.05, 4.69) is 19.2 Å². The quantitative estimate of drug-likeness (QED) is 0.911. The zero-order valence-electron chi connectivity index (χ0n) is 15.0. The molecule has 2 amide bonds. The van der Waals surface area contributed by atoms with Gasteiger partial charge in [-0.25, -0.2) is 0 Å². The van der Waals surface area contributed by atoms with E-state index >= 15 is 0 Å². The maximum Gasteiger partial charge on any atom is 0.270 e. The first-order valence-corrected chi connectivity index (χ1v) is 8.76. The zero-order valence-corrected chi connectivity index (χ0v) is 15.0. The molecule has 1 aromatic carbocycles. The van der Waals surface area contributed by atoms with E-state index in [9.17, 15) is 9.59 Å². The highest BCUT2D eigenvalue weighted by Gasteiger charge is 2.32. The van der Waals surface area contributed by atoms with Crippen LogP contribution in [0.15, 0.2) is 42.6 Å². The van der Waals surface area contributed by atoms with E-state index in [1.54, 1.807) is 0 Å². The van der Waals surface area contributed by atoms with Crippen molar-refractivity contribution in [1.82, 2.24) is 14.8 Å². The summed E-state index contributed by atoms with van der Waals surface area (Å²) >= 11 is 0. The average Bonchev–Trinajstić information content (AvgIpc) is 3.04. The molecule has 0 spiro atoms. The Bertz CT molecular complexity index is 779. The first-order valence-electron chi connectivity index (χ1n) is 8.76. The van der Waals surface area contributed by atoms with Crippen LogP contribution >= 0.6 is 0 Å². The number of hydrogen-bond acceptors (Lipinski definition) is 2. The van der Waals surface area contributed by atoms with Gasteiger partial charge in [-0.15, -0.1) is 0 Å². The van der Waals surface area contributed by atoms with Gasteiger partial charge < -0.3 is 14.8 Å². The molecule has 0 radical (unpaired) electrons. The van der Waals surface area contributed by atoms with Gasteiger partial charge in [-0.3, -0.25) is 9.59 Å². The van der Waals surface area contributed by atoms with E-state index in [1.807, 2.05) is 59.0 Å². The van der Waals surface area contributed by atoms with Crippen LogP contribution in [0.25, 0.3) is 0 Å². The summed E-state index contributed by atoms with van der Waals surface area (Å²) in [4.78, 5) is 27.1. The lowest BCUT2D eigenvalue weighted by Crippen LogP contribution is -2.53. The van der Waals surface area contributed by atoms with Gasteiger partial charge in [0.1, 0.15) is 5.69 Å². The summed E-state index contributed by atoms with van der Waals surface area (Å²) in [6.07, 6.45) is 1.93. The van der Waals surface area contributed by atoms with E-state index in [0.717, 1.165) is 11.3 Å². The highest BCUT2D eigenvalue weighted by molar-refractivity contribution is 5.95. The van der Waals surface area contributed by atoms with Crippen molar-refractivity contribution in [2.24, 2.45) is 5.92 Å². The molecule has 5 heteroatoms. The molecule has 0 saturated heterocycles. The van der Waals surface area contributed by atoms with Crippen molar-refractivity contribution in [1.29, 1.82) is 0 Å². The molecule has 1 N–H and O–H groups in total. The molecule has 2 aromatic rings. The number of hydrogen-bond donors (Lipinski definition) is 1. The fourth-order valence-corrected chi connectivity index (χ4v) is 3.31. The predicted molar refractivity (Wildman–Crippen MR) is 97.6 cm³/mol. The van der Waals surface area contributed by atoms with Crippen LogP contribution in [-0.2, 0) is 6.54 Å². The number of aryl methyl sites for hydroxylation is 1. The summed E-state index contributed by atoms with van der Waals surface area (Å²) in [6, 6.07) is 11.2. The van der Waals surface area contributed by atoms with Crippen LogP contribution in [0.2, 0.25) is 0 Å². The number of carbonyl (C=O) groups is 2. The molecular formula is C20H25N3O2. The van der Waals surface area contributed by atoms with E-state index < -0.39 is 0 Å². The van der Waals surface area contributed by atoms with Gasteiger partial charge in [0.05, 0.1) is 6.04 Å². The van der Waals surface area contributed by atoms with Crippen molar-refractivity contribution in [3.05, 3.63) is 59.4 Å². The summed E-state index contributed by atoms with van der Waals surface area (Å²) in [5.74, 6) is 0.319. The van der Waals surface area contributed by atoms with Gasteiger partial charge >= 0.3 is 0 Å². The van der Waals surface area contributed by atoms with E-state index in [4.69, 9.17) is 0 Å². The summed E-state index contributed by atoms with van der Waals surface area (Å²) in [5, 5.41) is 3.00. The first kappa shape index (κ1) is 17.3. The van der Waals surface area contributed by atoms with Crippen molar-refractivity contribution < 1.29 is 9.59 Å². The highest BCUT2D eigenvalue weighted by Crippen LogP contribution is 2.19. The third-order valence-electron chi connectivity index (χ3n) is 4.50. The molecule has 0 fully saturated rings. The maximum absolute atomic E-state index is 12.8. The van der Waals surface area contributed by atoms with E-state index in [0.29, 0.717) is 31.1 Å². The maximum atomic E-state index is 12.8. The Morgan fingerprint density at radius 3 is 2.80 bits per heavy atom. The summed E-state index contributed by atoms with van der Waals surface area (Å²) in [7, 11) is 0. The Hall–Kier alpha value is -2.56. The Kier molecular flexibility index (Phi) is 4.93. The minimum Gasteiger partial charge on any atom is -0.350 e. The van der Waals surface area contributed by atoms with Crippen LogP contribution in [-0.4, -0.2) is 40.4 Å². The molecule has 25 heavy (non-hydrogen) atoms. The predicted octanol–water partition coefficient (Wildman–Crippen LogP) is 2.71. The first-order chi connectivity index (χ1) is 12.0. The fourth-order valence-electron chi connectivity index (χ4n) is 3.31. The third-order valence-corrected chi connectivity index (χ3v) is 4.50. The fraction of sp³-hybridized carbons (Fsp3) is 0.400. The molecule has 132 valence electrons. The molecule has 0 saturated carbocycles. The second kappa shape index (κ2) is 7.13. The number of benzene rings is 1. The molecule has 1 atom stereocenters. The van der Waals surface area contributed by atoms with Crippen LogP contribution in [0.4, 0.5) is 0 Å². The molecule has 3 rings (SSSR count). The molecule has 5 nitrogen and oxygen atoms in total. The van der Waals surface area contributed by atoms with Gasteiger partial charge in [0.2, 0.25) is 0 Å². The van der Waals surface area contributed by atoms with Crippen LogP contribution < -0.4 is 5.32 Å². The molecule has 1 aromatic heterocycles. The minimum absolute atomic E-state index is 0.0384. The largest absolute Gasteiger partial charge is 0.350 e. The number of nitrogens with one attached hydrogen (secondary N) is 1. The summed E-state index contributed by atoms with van der Waals surface area (Å²) < 4.78 is 1.97. The number of aromatic nitrogens is 1. The monoisotopic (exact) mass is 339 g/mol. The zero-order chi connectivity index (χ0) is 18.0. The Labute approximate surface area is 148 Å². The van der Waals surface area contributed by atoms with Crippen molar-refractivity contribution in [3.63, 3.8) is 0 Å². The molecule has 0 aliphatic carbocycles. The van der Waals surface area contributed by atoms with E-state index in [-0.39, 0.29) is 17.9 Å². The van der Waals surface area contributed by atoms with Gasteiger partial charge in [0.15, 0.2) is 0 Å². The number of nitrogens with zero attached hydrogens (tertiary/aromatic N) is 2. The van der Waals surface area contributed by atoms with Crippen molar-refractivity contribution in [3.8, 4) is 0 Å². The SMILES string of the molecule is Cc1cccc(C(=O)NCC2Cn3cccc3C(=O)N2CC(C)C)c1. The highest BCUT2D eigenvalue weighted by atomic mass is 16.2. The Morgan fingerprint density at radius 2 is 2.08 bits per heavy atom. The topological polar surface area (TPSA) is 54.3 Å². The van der Waals surface area contributed by atoms with Gasteiger partial charge in [-0.2, -0.15) is 0 Å². The molecule has 1 aliphatic rings. The minimum atomic E-state index is -0.0982. The number of fused-ring (bicyclic) bond motifs is 1. The molecule has 1 unspecified atom stereocenters. The van der Waals surface area contributed by atoms with Gasteiger partial charge in [-0.05, 0) is 37.1 Å². The summed E-state index contributed by atoms with van der Waals surface area (Å²) in [6.45, 7) is 8.01. The molecular weight excluding hydrogens is 314 g/mol. The molecule has 2 heterocycles. The lowest BCUT2D eigenvalue weighted by molar-refractivity contribution is 0.0554. The smallest absolute Gasteiger partial charge is 0.270 e. The standard InChI is InChI=1S/C20H25N3O2/c1-14(2)12-23-17(13-22-9-5-8-18(22)20(23)25)11-21-19(24)16-7-4-6-15(3)10-16/h4-10,14,17H,11-13H2,1-3H3,(H,21,24). The lowest BCUT2D eigenvalue weighted by Gasteiger charge is -2.37. The Balaban J connectivity index is 1.73. The van der Waals surface area contributed by atoms with Gasteiger partial charge in [0.25, 0.3) is 11.8 Å². The third kappa shape index (κ3) is 3.76. The van der Waals surface area contributed by atoms with Crippen molar-refractivity contribution in [2.45, 2.75) is 33.4 Å². The van der Waals surface area contributed by atoms with E-state index in [1.165, 1.54) is 0 Å². The lowest BCUT2D eigenvalue weighted by atomic mass is 10.1. The van der Waals surface area contributed by atoms with Crippen LogP contribution in [0.1, 0.15) is 40.3 Å². The van der Waals surface area contributed by atoms with Crippen LogP contribution in [0.5, 0.6) is 0 Å². The van der Waals surface area contributed by atoms with Crippen molar-refractivity contribution >= 4 is 11.8 Å². The van der Waals surface area contributed by atoms with Gasteiger partial charge in [-0.1, -0.05) is 31.5 Å². The second-order valence-electron chi connectivity index (χ2n) is 7.13. The van der Waals surface area contributed by atoms with Crippen LogP contribution in [0.3, 0.4) is 0 Å². The normalized spacial score (nSPS) is 16.9. The Morgan fingerprint density at radius 1 is 1.28 bits per heavy atom. The number of rotatable bonds is 5. The second-order valence-corrected chi connectivity index (χ2v) is 7.13. The number of carbonyl (C=O) groups excluding carboxylic acids is 2. The molecule has 1 aliphatic heterocycles.